The van der Waals surface area contributed by atoms with Crippen LogP contribution in [0.2, 0.25) is 0 Å². The second kappa shape index (κ2) is 9.89. The molecule has 1 amide bonds. The number of rotatable bonds is 6. The Balaban J connectivity index is 1.64. The van der Waals surface area contributed by atoms with Crippen LogP contribution in [0.4, 0.5) is 11.4 Å². The number of ether oxygens (including phenoxy) is 2. The van der Waals surface area contributed by atoms with E-state index in [1.807, 2.05) is 12.1 Å². The van der Waals surface area contributed by atoms with E-state index in [9.17, 15) is 19.8 Å². The molecule has 1 atom stereocenters. The summed E-state index contributed by atoms with van der Waals surface area (Å²) < 4.78 is 11.2. The molecule has 2 aliphatic rings. The first-order valence-corrected chi connectivity index (χ1v) is 12.3. The lowest BCUT2D eigenvalue weighted by molar-refractivity contribution is -0.132. The number of ketones is 1. The van der Waals surface area contributed by atoms with Gasteiger partial charge in [0.25, 0.3) is 11.7 Å². The van der Waals surface area contributed by atoms with E-state index in [0.717, 1.165) is 18.8 Å². The summed E-state index contributed by atoms with van der Waals surface area (Å²) >= 11 is 0. The van der Waals surface area contributed by atoms with E-state index in [1.54, 1.807) is 42.5 Å². The van der Waals surface area contributed by atoms with E-state index in [4.69, 9.17) is 9.47 Å². The van der Waals surface area contributed by atoms with Crippen molar-refractivity contribution in [2.75, 3.05) is 36.1 Å². The summed E-state index contributed by atoms with van der Waals surface area (Å²) in [5.74, 6) is -0.923. The van der Waals surface area contributed by atoms with Gasteiger partial charge in [-0.1, -0.05) is 12.1 Å². The summed E-state index contributed by atoms with van der Waals surface area (Å²) in [6, 6.07) is 17.7. The molecule has 8 heteroatoms. The Labute approximate surface area is 215 Å². The normalized spacial score (nSPS) is 18.2. The molecular weight excluding hydrogens is 472 g/mol. The van der Waals surface area contributed by atoms with Crippen LogP contribution in [0.15, 0.2) is 72.3 Å². The Morgan fingerprint density at radius 2 is 1.65 bits per heavy atom. The van der Waals surface area contributed by atoms with Gasteiger partial charge < -0.3 is 24.6 Å². The molecule has 0 spiro atoms. The number of phenols is 1. The van der Waals surface area contributed by atoms with E-state index in [2.05, 4.69) is 18.7 Å². The summed E-state index contributed by atoms with van der Waals surface area (Å²) in [5.41, 5.74) is 2.25. The second-order valence-corrected chi connectivity index (χ2v) is 8.81. The van der Waals surface area contributed by atoms with Crippen molar-refractivity contribution in [3.05, 3.63) is 83.4 Å². The minimum absolute atomic E-state index is 0.0145. The molecule has 0 radical (unpaired) electrons. The number of fused-ring (bicyclic) bond motifs is 1. The quantitative estimate of drug-likeness (QED) is 0.289. The molecule has 2 N–H and O–H groups in total. The summed E-state index contributed by atoms with van der Waals surface area (Å²) in [7, 11) is 0. The Morgan fingerprint density at radius 3 is 2.32 bits per heavy atom. The molecule has 1 unspecified atom stereocenters. The number of nitrogens with zero attached hydrogens (tertiary/aromatic N) is 2. The zero-order chi connectivity index (χ0) is 26.1. The molecule has 1 fully saturated rings. The van der Waals surface area contributed by atoms with Gasteiger partial charge in [0.15, 0.2) is 11.5 Å². The smallest absolute Gasteiger partial charge is 0.300 e. The molecule has 2 heterocycles. The number of carbonyl (C=O) groups is 2. The number of hydrogen-bond acceptors (Lipinski definition) is 7. The molecule has 190 valence electrons. The molecule has 5 rings (SSSR count). The molecule has 0 bridgehead atoms. The number of anilines is 2. The second-order valence-electron chi connectivity index (χ2n) is 8.81. The van der Waals surface area contributed by atoms with E-state index in [0.29, 0.717) is 41.5 Å². The Morgan fingerprint density at radius 1 is 0.946 bits per heavy atom. The average molecular weight is 501 g/mol. The molecule has 3 aromatic carbocycles. The number of Topliss-reactive ketones (excluding diaryl/α,β-unsaturated/α-hetero) is 1. The highest BCUT2D eigenvalue weighted by molar-refractivity contribution is 6.51. The number of carbonyl (C=O) groups excluding carboxylic acids is 2. The van der Waals surface area contributed by atoms with E-state index in [1.165, 1.54) is 17.0 Å². The van der Waals surface area contributed by atoms with Crippen molar-refractivity contribution in [3.8, 4) is 17.2 Å². The van der Waals surface area contributed by atoms with Crippen LogP contribution >= 0.6 is 0 Å². The van der Waals surface area contributed by atoms with Crippen molar-refractivity contribution in [1.82, 2.24) is 0 Å². The third-order valence-electron chi connectivity index (χ3n) is 6.70. The van der Waals surface area contributed by atoms with Gasteiger partial charge in [0, 0.05) is 30.0 Å². The number of aliphatic hydroxyl groups excluding tert-OH is 1. The fourth-order valence-corrected chi connectivity index (χ4v) is 4.87. The lowest BCUT2D eigenvalue weighted by atomic mass is 9.94. The molecule has 37 heavy (non-hydrogen) atoms. The summed E-state index contributed by atoms with van der Waals surface area (Å²) in [5, 5.41) is 21.6. The van der Waals surface area contributed by atoms with Crippen LogP contribution in [0.25, 0.3) is 5.76 Å². The van der Waals surface area contributed by atoms with Gasteiger partial charge in [-0.25, -0.2) is 0 Å². The van der Waals surface area contributed by atoms with Gasteiger partial charge in [0.1, 0.15) is 24.7 Å². The van der Waals surface area contributed by atoms with Crippen molar-refractivity contribution in [2.24, 2.45) is 0 Å². The first-order valence-electron chi connectivity index (χ1n) is 12.3. The summed E-state index contributed by atoms with van der Waals surface area (Å²) in [6.07, 6.45) is 0. The maximum Gasteiger partial charge on any atom is 0.300 e. The van der Waals surface area contributed by atoms with Gasteiger partial charge in [-0.3, -0.25) is 14.5 Å². The predicted octanol–water partition coefficient (Wildman–Crippen LogP) is 4.64. The molecule has 2 aliphatic heterocycles. The topological polar surface area (TPSA) is 99.5 Å². The largest absolute Gasteiger partial charge is 0.508 e. The molecular formula is C29H28N2O6. The maximum atomic E-state index is 13.4. The van der Waals surface area contributed by atoms with Gasteiger partial charge >= 0.3 is 0 Å². The first kappa shape index (κ1) is 24.2. The van der Waals surface area contributed by atoms with Crippen LogP contribution in [0.3, 0.4) is 0 Å². The monoisotopic (exact) mass is 500 g/mol. The van der Waals surface area contributed by atoms with Gasteiger partial charge in [0.05, 0.1) is 11.6 Å². The van der Waals surface area contributed by atoms with Crippen LogP contribution in [0.1, 0.15) is 31.0 Å². The SMILES string of the molecule is CCN(CC)c1ccc(N2C(=O)C(=O)/C(=C(\O)c3ccc4c(c3)OCCO4)C2c2cccc(O)c2)cc1. The molecule has 0 aromatic heterocycles. The van der Waals surface area contributed by atoms with Crippen molar-refractivity contribution in [1.29, 1.82) is 0 Å². The third-order valence-corrected chi connectivity index (χ3v) is 6.70. The van der Waals surface area contributed by atoms with E-state index >= 15 is 0 Å². The van der Waals surface area contributed by atoms with Crippen LogP contribution in [0.5, 0.6) is 17.2 Å². The van der Waals surface area contributed by atoms with Crippen LogP contribution in [-0.4, -0.2) is 48.2 Å². The molecule has 0 aliphatic carbocycles. The number of aliphatic hydroxyl groups is 1. The Kier molecular flexibility index (Phi) is 6.48. The third kappa shape index (κ3) is 4.35. The fraction of sp³-hybridized carbons (Fsp3) is 0.241. The fourth-order valence-electron chi connectivity index (χ4n) is 4.87. The highest BCUT2D eigenvalue weighted by Crippen LogP contribution is 2.44. The average Bonchev–Trinajstić information content (AvgIpc) is 3.19. The molecule has 3 aromatic rings. The lowest BCUT2D eigenvalue weighted by Gasteiger charge is -2.27. The standard InChI is InChI=1S/C29H28N2O6/c1-3-30(4-2)20-9-11-21(12-10-20)31-26(18-6-5-7-22(32)16-18)25(28(34)29(31)35)27(33)19-8-13-23-24(17-19)37-15-14-36-23/h5-13,16-17,26,32-33H,3-4,14-15H2,1-2H3/b27-25-. The maximum absolute atomic E-state index is 13.4. The Hall–Kier alpha value is -4.46. The van der Waals surface area contributed by atoms with E-state index in [-0.39, 0.29) is 17.1 Å². The van der Waals surface area contributed by atoms with Gasteiger partial charge in [0.2, 0.25) is 0 Å². The first-order chi connectivity index (χ1) is 17.9. The number of aromatic hydroxyl groups is 1. The lowest BCUT2D eigenvalue weighted by Crippen LogP contribution is -2.29. The van der Waals surface area contributed by atoms with Crippen molar-refractivity contribution in [2.45, 2.75) is 19.9 Å². The van der Waals surface area contributed by atoms with Gasteiger partial charge in [-0.05, 0) is 74.0 Å². The number of amides is 1. The number of phenolic OH excluding ortho intramolecular Hbond substituents is 1. The number of benzene rings is 3. The van der Waals surface area contributed by atoms with Crippen LogP contribution in [0, 0.1) is 0 Å². The highest BCUT2D eigenvalue weighted by atomic mass is 16.6. The summed E-state index contributed by atoms with van der Waals surface area (Å²) in [6.45, 7) is 6.59. The minimum atomic E-state index is -0.945. The highest BCUT2D eigenvalue weighted by Gasteiger charge is 2.47. The van der Waals surface area contributed by atoms with E-state index < -0.39 is 17.7 Å². The molecule has 1 saturated heterocycles. The van der Waals surface area contributed by atoms with Crippen molar-refractivity contribution in [3.63, 3.8) is 0 Å². The molecule has 8 nitrogen and oxygen atoms in total. The van der Waals surface area contributed by atoms with Gasteiger partial charge in [-0.15, -0.1) is 0 Å². The van der Waals surface area contributed by atoms with Crippen LogP contribution < -0.4 is 19.3 Å². The van der Waals surface area contributed by atoms with Crippen molar-refractivity contribution < 1.29 is 29.3 Å². The van der Waals surface area contributed by atoms with Gasteiger partial charge in [-0.2, -0.15) is 0 Å². The zero-order valence-corrected chi connectivity index (χ0v) is 20.7. The predicted molar refractivity (Wildman–Crippen MR) is 140 cm³/mol. The Bertz CT molecular complexity index is 1380. The molecule has 0 saturated carbocycles. The minimum Gasteiger partial charge on any atom is -0.508 e. The summed E-state index contributed by atoms with van der Waals surface area (Å²) in [4.78, 5) is 30.3. The zero-order valence-electron chi connectivity index (χ0n) is 20.7. The van der Waals surface area contributed by atoms with Crippen LogP contribution in [-0.2, 0) is 9.59 Å². The number of hydrogen-bond donors (Lipinski definition) is 2. The van der Waals surface area contributed by atoms with Crippen molar-refractivity contribution >= 4 is 28.8 Å².